The third-order valence-electron chi connectivity index (χ3n) is 8.30. The Balaban J connectivity index is 1.84. The van der Waals surface area contributed by atoms with Gasteiger partial charge in [0.05, 0.1) is 12.7 Å². The third kappa shape index (κ3) is 1.87. The van der Waals surface area contributed by atoms with Gasteiger partial charge in [-0.15, -0.1) is 0 Å². The molecule has 2 N–H and O–H groups in total. The molecular formula is C20H30O3. The summed E-state index contributed by atoms with van der Waals surface area (Å²) in [4.78, 5) is 12.6. The molecule has 3 nitrogen and oxygen atoms in total. The summed E-state index contributed by atoms with van der Waals surface area (Å²) in [7, 11) is 0. The lowest BCUT2D eigenvalue weighted by Crippen LogP contribution is -2.62. The van der Waals surface area contributed by atoms with Crippen molar-refractivity contribution in [1.82, 2.24) is 0 Å². The van der Waals surface area contributed by atoms with E-state index in [1.165, 1.54) is 5.57 Å². The molecule has 4 aliphatic rings. The molecule has 0 aliphatic heterocycles. The Labute approximate surface area is 139 Å². The van der Waals surface area contributed by atoms with Gasteiger partial charge in [-0.3, -0.25) is 4.79 Å². The van der Waals surface area contributed by atoms with Crippen LogP contribution in [0.2, 0.25) is 0 Å². The van der Waals surface area contributed by atoms with Crippen molar-refractivity contribution in [3.63, 3.8) is 0 Å². The van der Waals surface area contributed by atoms with Crippen LogP contribution < -0.4 is 0 Å². The number of hydrogen-bond acceptors (Lipinski definition) is 3. The number of Topliss-reactive ketones (excluding diaryl/α,β-unsaturated/α-hetero) is 1. The Hall–Kier alpha value is -0.670. The zero-order chi connectivity index (χ0) is 16.6. The van der Waals surface area contributed by atoms with E-state index in [1.54, 1.807) is 0 Å². The normalized spacial score (nSPS) is 51.0. The SMILES string of the molecule is CC1(C)CC(=O)C[C@@]2(C)[C@H]1C[C@H](O)[C@H]1C[C@H]3C[C@]12CC=C3CO. The van der Waals surface area contributed by atoms with E-state index in [1.807, 2.05) is 0 Å². The Kier molecular flexibility index (Phi) is 3.23. The molecule has 3 heteroatoms. The van der Waals surface area contributed by atoms with Gasteiger partial charge in [0.15, 0.2) is 0 Å². The average Bonchev–Trinajstić information content (AvgIpc) is 2.77. The fraction of sp³-hybridized carbons (Fsp3) is 0.850. The fourth-order valence-electron chi connectivity index (χ4n) is 7.41. The van der Waals surface area contributed by atoms with E-state index in [0.29, 0.717) is 30.5 Å². The van der Waals surface area contributed by atoms with Crippen molar-refractivity contribution in [1.29, 1.82) is 0 Å². The highest BCUT2D eigenvalue weighted by Crippen LogP contribution is 2.73. The van der Waals surface area contributed by atoms with E-state index in [4.69, 9.17) is 0 Å². The minimum Gasteiger partial charge on any atom is -0.393 e. The number of aliphatic hydroxyl groups is 2. The lowest BCUT2D eigenvalue weighted by Gasteiger charge is -2.65. The number of hydrogen-bond donors (Lipinski definition) is 2. The molecule has 0 heterocycles. The number of fused-ring (bicyclic) bond motifs is 2. The molecule has 2 bridgehead atoms. The molecule has 0 radical (unpaired) electrons. The van der Waals surface area contributed by atoms with Crippen molar-refractivity contribution in [3.8, 4) is 0 Å². The molecule has 23 heavy (non-hydrogen) atoms. The van der Waals surface area contributed by atoms with Crippen LogP contribution >= 0.6 is 0 Å². The van der Waals surface area contributed by atoms with Crippen molar-refractivity contribution in [3.05, 3.63) is 11.6 Å². The Morgan fingerprint density at radius 3 is 2.65 bits per heavy atom. The molecule has 0 saturated heterocycles. The zero-order valence-corrected chi connectivity index (χ0v) is 14.6. The number of ketones is 1. The molecular weight excluding hydrogens is 288 g/mol. The second-order valence-electron chi connectivity index (χ2n) is 9.69. The second-order valence-corrected chi connectivity index (χ2v) is 9.69. The van der Waals surface area contributed by atoms with Gasteiger partial charge >= 0.3 is 0 Å². The van der Waals surface area contributed by atoms with Gasteiger partial charge in [-0.25, -0.2) is 0 Å². The predicted octanol–water partition coefficient (Wildman–Crippen LogP) is 3.10. The molecule has 4 rings (SSSR count). The molecule has 0 aromatic heterocycles. The number of allylic oxidation sites excluding steroid dienone is 1. The van der Waals surface area contributed by atoms with Gasteiger partial charge in [0, 0.05) is 12.8 Å². The van der Waals surface area contributed by atoms with Crippen molar-refractivity contribution in [2.75, 3.05) is 6.61 Å². The third-order valence-corrected chi connectivity index (χ3v) is 8.30. The largest absolute Gasteiger partial charge is 0.393 e. The van der Waals surface area contributed by atoms with Crippen molar-refractivity contribution in [2.24, 2.45) is 34.0 Å². The first kappa shape index (κ1) is 15.8. The molecule has 128 valence electrons. The maximum atomic E-state index is 12.6. The Bertz CT molecular complexity index is 577. The molecule has 0 unspecified atom stereocenters. The maximum Gasteiger partial charge on any atom is 0.134 e. The lowest BCUT2D eigenvalue weighted by molar-refractivity contribution is -0.189. The van der Waals surface area contributed by atoms with Gasteiger partial charge in [0.1, 0.15) is 5.78 Å². The van der Waals surface area contributed by atoms with Crippen molar-refractivity contribution in [2.45, 2.75) is 65.4 Å². The van der Waals surface area contributed by atoms with Crippen molar-refractivity contribution < 1.29 is 15.0 Å². The van der Waals surface area contributed by atoms with E-state index in [2.05, 4.69) is 26.8 Å². The standard InChI is InChI=1S/C20H30O3/c1-18(2)9-14(22)10-19(3)17(18)7-16(23)15-6-13-8-20(15,19)5-4-12(13)11-21/h4,13,15-17,21,23H,5-11H2,1-3H3/t13-,15+,16-,17-,19-,20+/m0/s1. The lowest BCUT2D eigenvalue weighted by atomic mass is 9.39. The predicted molar refractivity (Wildman–Crippen MR) is 88.7 cm³/mol. The highest BCUT2D eigenvalue weighted by molar-refractivity contribution is 5.81. The number of carbonyl (C=O) groups is 1. The molecule has 0 aromatic rings. The van der Waals surface area contributed by atoms with Crippen LogP contribution in [-0.2, 0) is 4.79 Å². The average molecular weight is 318 g/mol. The quantitative estimate of drug-likeness (QED) is 0.731. The minimum atomic E-state index is -0.253. The van der Waals surface area contributed by atoms with Crippen LogP contribution in [0.5, 0.6) is 0 Å². The van der Waals surface area contributed by atoms with Crippen LogP contribution in [0.1, 0.15) is 59.3 Å². The van der Waals surface area contributed by atoms with E-state index in [0.717, 1.165) is 25.7 Å². The molecule has 0 aromatic carbocycles. The van der Waals surface area contributed by atoms with E-state index < -0.39 is 0 Å². The Morgan fingerprint density at radius 2 is 1.96 bits per heavy atom. The van der Waals surface area contributed by atoms with Crippen LogP contribution in [-0.4, -0.2) is 28.7 Å². The number of carbonyl (C=O) groups excluding carboxylic acids is 1. The monoisotopic (exact) mass is 318 g/mol. The highest BCUT2D eigenvalue weighted by Gasteiger charge is 2.69. The summed E-state index contributed by atoms with van der Waals surface area (Å²) in [5.41, 5.74) is 1.18. The molecule has 3 saturated carbocycles. The fourth-order valence-corrected chi connectivity index (χ4v) is 7.41. The molecule has 4 aliphatic carbocycles. The molecule has 0 amide bonds. The molecule has 1 spiro atoms. The number of rotatable bonds is 1. The van der Waals surface area contributed by atoms with Gasteiger partial charge in [0.2, 0.25) is 0 Å². The van der Waals surface area contributed by atoms with E-state index in [9.17, 15) is 15.0 Å². The summed E-state index contributed by atoms with van der Waals surface area (Å²) in [6, 6.07) is 0. The van der Waals surface area contributed by atoms with Gasteiger partial charge in [-0.1, -0.05) is 26.8 Å². The summed E-state index contributed by atoms with van der Waals surface area (Å²) >= 11 is 0. The van der Waals surface area contributed by atoms with Crippen LogP contribution in [0.4, 0.5) is 0 Å². The zero-order valence-electron chi connectivity index (χ0n) is 14.6. The maximum absolute atomic E-state index is 12.6. The summed E-state index contributed by atoms with van der Waals surface area (Å²) in [5, 5.41) is 20.6. The summed E-state index contributed by atoms with van der Waals surface area (Å²) in [6.45, 7) is 6.94. The summed E-state index contributed by atoms with van der Waals surface area (Å²) in [6.07, 6.45) is 7.13. The first-order chi connectivity index (χ1) is 10.7. The van der Waals surface area contributed by atoms with Crippen LogP contribution in [0.3, 0.4) is 0 Å². The van der Waals surface area contributed by atoms with Gasteiger partial charge in [-0.2, -0.15) is 0 Å². The van der Waals surface area contributed by atoms with Gasteiger partial charge < -0.3 is 10.2 Å². The van der Waals surface area contributed by atoms with Gasteiger partial charge in [0.25, 0.3) is 0 Å². The molecule has 3 fully saturated rings. The Morgan fingerprint density at radius 1 is 1.22 bits per heavy atom. The van der Waals surface area contributed by atoms with Crippen molar-refractivity contribution >= 4 is 5.78 Å². The van der Waals surface area contributed by atoms with E-state index in [-0.39, 0.29) is 34.9 Å². The van der Waals surface area contributed by atoms with Gasteiger partial charge in [-0.05, 0) is 65.3 Å². The number of aliphatic hydroxyl groups excluding tert-OH is 2. The second kappa shape index (κ2) is 4.70. The van der Waals surface area contributed by atoms with Crippen LogP contribution in [0, 0.1) is 34.0 Å². The first-order valence-corrected chi connectivity index (χ1v) is 9.23. The van der Waals surface area contributed by atoms with Crippen LogP contribution in [0.15, 0.2) is 11.6 Å². The topological polar surface area (TPSA) is 57.5 Å². The smallest absolute Gasteiger partial charge is 0.134 e. The summed E-state index contributed by atoms with van der Waals surface area (Å²) in [5.74, 6) is 1.50. The minimum absolute atomic E-state index is 0.0119. The first-order valence-electron chi connectivity index (χ1n) is 9.23. The summed E-state index contributed by atoms with van der Waals surface area (Å²) < 4.78 is 0. The van der Waals surface area contributed by atoms with E-state index >= 15 is 0 Å². The highest BCUT2D eigenvalue weighted by atomic mass is 16.3. The van der Waals surface area contributed by atoms with Crippen LogP contribution in [0.25, 0.3) is 0 Å². The molecule has 6 atom stereocenters.